The molecule has 90 valence electrons. The Hall–Kier alpha value is -2.41. The van der Waals surface area contributed by atoms with E-state index in [1.54, 1.807) is 30.6 Å². The molecule has 0 radical (unpaired) electrons. The summed E-state index contributed by atoms with van der Waals surface area (Å²) < 4.78 is 1.52. The van der Waals surface area contributed by atoms with E-state index in [1.165, 1.54) is 4.52 Å². The Morgan fingerprint density at radius 1 is 1.28 bits per heavy atom. The second-order valence-corrected chi connectivity index (χ2v) is 4.01. The van der Waals surface area contributed by atoms with Crippen molar-refractivity contribution in [3.8, 4) is 0 Å². The van der Waals surface area contributed by atoms with Crippen LogP contribution < -0.4 is 11.1 Å². The van der Waals surface area contributed by atoms with E-state index in [2.05, 4.69) is 25.8 Å². The number of nitrogens with one attached hydrogen (secondary N) is 1. The highest BCUT2D eigenvalue weighted by molar-refractivity contribution is 6.33. The molecule has 0 unspecified atom stereocenters. The molecule has 18 heavy (non-hydrogen) atoms. The zero-order chi connectivity index (χ0) is 12.5. The molecule has 0 aliphatic carbocycles. The fourth-order valence-corrected chi connectivity index (χ4v) is 1.70. The highest BCUT2D eigenvalue weighted by Crippen LogP contribution is 2.26. The SMILES string of the molecule is Nc1ccc(Cl)c(Nc2cncc3nnnn23)c1. The number of hydrogen-bond donors (Lipinski definition) is 2. The van der Waals surface area contributed by atoms with Gasteiger partial charge in [0.1, 0.15) is 0 Å². The molecular weight excluding hydrogens is 254 g/mol. The summed E-state index contributed by atoms with van der Waals surface area (Å²) in [4.78, 5) is 4.03. The van der Waals surface area contributed by atoms with Crippen molar-refractivity contribution in [1.29, 1.82) is 0 Å². The van der Waals surface area contributed by atoms with E-state index in [0.29, 0.717) is 27.9 Å². The fourth-order valence-electron chi connectivity index (χ4n) is 1.54. The van der Waals surface area contributed by atoms with Gasteiger partial charge in [0.25, 0.3) is 0 Å². The average Bonchev–Trinajstić information content (AvgIpc) is 2.83. The summed E-state index contributed by atoms with van der Waals surface area (Å²) >= 11 is 6.07. The molecular formula is C10H8ClN7. The van der Waals surface area contributed by atoms with Crippen LogP contribution in [0.5, 0.6) is 0 Å². The van der Waals surface area contributed by atoms with E-state index in [0.717, 1.165) is 0 Å². The van der Waals surface area contributed by atoms with Crippen LogP contribution in [0.4, 0.5) is 17.2 Å². The maximum atomic E-state index is 6.07. The number of halogens is 1. The van der Waals surface area contributed by atoms with Crippen LogP contribution >= 0.6 is 11.6 Å². The lowest BCUT2D eigenvalue weighted by molar-refractivity contribution is 0.826. The smallest absolute Gasteiger partial charge is 0.199 e. The largest absolute Gasteiger partial charge is 0.399 e. The first kappa shape index (κ1) is 10.7. The summed E-state index contributed by atoms with van der Waals surface area (Å²) in [5, 5.41) is 14.9. The van der Waals surface area contributed by atoms with Gasteiger partial charge in [-0.2, -0.15) is 4.52 Å². The van der Waals surface area contributed by atoms with Crippen LogP contribution in [0.1, 0.15) is 0 Å². The zero-order valence-electron chi connectivity index (χ0n) is 9.08. The summed E-state index contributed by atoms with van der Waals surface area (Å²) in [7, 11) is 0. The Labute approximate surface area is 107 Å². The van der Waals surface area contributed by atoms with E-state index >= 15 is 0 Å². The van der Waals surface area contributed by atoms with Crippen molar-refractivity contribution in [1.82, 2.24) is 25.0 Å². The molecule has 0 amide bonds. The van der Waals surface area contributed by atoms with E-state index in [-0.39, 0.29) is 0 Å². The molecule has 7 nitrogen and oxygen atoms in total. The van der Waals surface area contributed by atoms with E-state index in [1.807, 2.05) is 0 Å². The molecule has 2 heterocycles. The highest BCUT2D eigenvalue weighted by Gasteiger charge is 2.06. The minimum Gasteiger partial charge on any atom is -0.399 e. The topological polar surface area (TPSA) is 94.0 Å². The van der Waals surface area contributed by atoms with Crippen LogP contribution in [-0.2, 0) is 0 Å². The quantitative estimate of drug-likeness (QED) is 0.679. The number of hydrogen-bond acceptors (Lipinski definition) is 6. The van der Waals surface area contributed by atoms with Gasteiger partial charge < -0.3 is 11.1 Å². The van der Waals surface area contributed by atoms with Gasteiger partial charge in [-0.05, 0) is 28.6 Å². The second-order valence-electron chi connectivity index (χ2n) is 3.61. The van der Waals surface area contributed by atoms with Crippen molar-refractivity contribution in [2.45, 2.75) is 0 Å². The van der Waals surface area contributed by atoms with Crippen molar-refractivity contribution in [3.63, 3.8) is 0 Å². The number of nitrogens with zero attached hydrogens (tertiary/aromatic N) is 5. The second kappa shape index (κ2) is 4.11. The van der Waals surface area contributed by atoms with Crippen LogP contribution in [0.3, 0.4) is 0 Å². The molecule has 0 aliphatic rings. The lowest BCUT2D eigenvalue weighted by Gasteiger charge is -2.09. The van der Waals surface area contributed by atoms with Crippen molar-refractivity contribution in [2.24, 2.45) is 0 Å². The van der Waals surface area contributed by atoms with Gasteiger partial charge in [0.2, 0.25) is 0 Å². The monoisotopic (exact) mass is 261 g/mol. The number of fused-ring (bicyclic) bond motifs is 1. The maximum absolute atomic E-state index is 6.07. The number of tetrazole rings is 1. The number of nitrogen functional groups attached to an aromatic ring is 1. The molecule has 0 atom stereocenters. The normalized spacial score (nSPS) is 10.7. The molecule has 3 aromatic rings. The Balaban J connectivity index is 2.06. The average molecular weight is 262 g/mol. The summed E-state index contributed by atoms with van der Waals surface area (Å²) in [6.07, 6.45) is 3.16. The Morgan fingerprint density at radius 3 is 3.06 bits per heavy atom. The van der Waals surface area contributed by atoms with E-state index in [9.17, 15) is 0 Å². The van der Waals surface area contributed by atoms with Gasteiger partial charge in [0.15, 0.2) is 11.5 Å². The fraction of sp³-hybridized carbons (Fsp3) is 0. The first-order chi connectivity index (χ1) is 8.74. The van der Waals surface area contributed by atoms with Crippen molar-refractivity contribution < 1.29 is 0 Å². The Kier molecular flexibility index (Phi) is 2.45. The van der Waals surface area contributed by atoms with Crippen LogP contribution in [0.15, 0.2) is 30.6 Å². The number of nitrogens with two attached hydrogens (primary N) is 1. The van der Waals surface area contributed by atoms with Crippen LogP contribution in [0.25, 0.3) is 5.65 Å². The molecule has 3 rings (SSSR count). The third-order valence-corrected chi connectivity index (χ3v) is 2.69. The van der Waals surface area contributed by atoms with Gasteiger partial charge in [0.05, 0.1) is 23.1 Å². The first-order valence-electron chi connectivity index (χ1n) is 5.08. The van der Waals surface area contributed by atoms with Gasteiger partial charge >= 0.3 is 0 Å². The van der Waals surface area contributed by atoms with Gasteiger partial charge in [-0.15, -0.1) is 5.10 Å². The summed E-state index contributed by atoms with van der Waals surface area (Å²) in [6, 6.07) is 5.17. The van der Waals surface area contributed by atoms with E-state index < -0.39 is 0 Å². The van der Waals surface area contributed by atoms with Crippen LogP contribution in [-0.4, -0.2) is 25.0 Å². The summed E-state index contributed by atoms with van der Waals surface area (Å²) in [5.41, 5.74) is 7.53. The van der Waals surface area contributed by atoms with Crippen LogP contribution in [0.2, 0.25) is 5.02 Å². The summed E-state index contributed by atoms with van der Waals surface area (Å²) in [5.74, 6) is 0.602. The Bertz CT molecular complexity index is 708. The minimum absolute atomic E-state index is 0.542. The summed E-state index contributed by atoms with van der Waals surface area (Å²) in [6.45, 7) is 0. The van der Waals surface area contributed by atoms with Crippen molar-refractivity contribution in [2.75, 3.05) is 11.1 Å². The highest BCUT2D eigenvalue weighted by atomic mass is 35.5. The standard InChI is InChI=1S/C10H8ClN7/c11-7-2-1-6(12)3-8(7)14-9-4-13-5-10-15-16-17-18(9)10/h1-5,14H,12H2. The molecule has 0 saturated heterocycles. The number of aromatic nitrogens is 5. The van der Waals surface area contributed by atoms with E-state index in [4.69, 9.17) is 17.3 Å². The molecule has 2 aromatic heterocycles. The molecule has 0 saturated carbocycles. The lowest BCUT2D eigenvalue weighted by atomic mass is 10.3. The molecule has 0 aliphatic heterocycles. The maximum Gasteiger partial charge on any atom is 0.199 e. The number of rotatable bonds is 2. The zero-order valence-corrected chi connectivity index (χ0v) is 9.83. The number of benzene rings is 1. The molecule has 3 N–H and O–H groups in total. The molecule has 0 bridgehead atoms. The van der Waals surface area contributed by atoms with Crippen LogP contribution in [0, 0.1) is 0 Å². The van der Waals surface area contributed by atoms with Crippen molar-refractivity contribution >= 4 is 34.4 Å². The Morgan fingerprint density at radius 2 is 2.17 bits per heavy atom. The predicted octanol–water partition coefficient (Wildman–Crippen LogP) is 1.50. The van der Waals surface area contributed by atoms with Gasteiger partial charge in [-0.3, -0.25) is 4.98 Å². The third-order valence-electron chi connectivity index (χ3n) is 2.36. The number of anilines is 3. The predicted molar refractivity (Wildman–Crippen MR) is 67.7 cm³/mol. The molecule has 0 spiro atoms. The molecule has 0 fully saturated rings. The molecule has 1 aromatic carbocycles. The van der Waals surface area contributed by atoms with Gasteiger partial charge in [-0.1, -0.05) is 11.6 Å². The van der Waals surface area contributed by atoms with Gasteiger partial charge in [0, 0.05) is 5.69 Å². The van der Waals surface area contributed by atoms with Gasteiger partial charge in [-0.25, -0.2) is 0 Å². The van der Waals surface area contributed by atoms with Crippen molar-refractivity contribution in [3.05, 3.63) is 35.6 Å². The first-order valence-corrected chi connectivity index (χ1v) is 5.46. The minimum atomic E-state index is 0.542. The third kappa shape index (κ3) is 1.80. The lowest BCUT2D eigenvalue weighted by Crippen LogP contribution is -2.01. The molecule has 8 heteroatoms.